The van der Waals surface area contributed by atoms with E-state index in [4.69, 9.17) is 10.5 Å². The molecule has 1 unspecified atom stereocenters. The van der Waals surface area contributed by atoms with Crippen LogP contribution in [-0.4, -0.2) is 76.4 Å². The molecule has 206 valence electrons. The number of aromatic nitrogens is 1. The molecule has 0 spiro atoms. The fourth-order valence-corrected chi connectivity index (χ4v) is 4.09. The molecule has 0 fully saturated rings. The van der Waals surface area contributed by atoms with E-state index in [-0.39, 0.29) is 15.9 Å². The van der Waals surface area contributed by atoms with Crippen LogP contribution in [0.2, 0.25) is 0 Å². The molecule has 13 N–H and O–H groups in total. The summed E-state index contributed by atoms with van der Waals surface area (Å²) in [7, 11) is 1.31. The number of carbonyl (C=O) groups excluding carboxylic acids is 1. The Bertz CT molecular complexity index is 1290. The normalized spacial score (nSPS) is 12.9. The number of rotatable bonds is 10. The molecule has 3 aromatic rings. The van der Waals surface area contributed by atoms with Crippen LogP contribution >= 0.6 is 11.3 Å². The third-order valence-electron chi connectivity index (χ3n) is 5.51. The predicted octanol–water partition coefficient (Wildman–Crippen LogP) is -0.812. The van der Waals surface area contributed by atoms with Gasteiger partial charge in [-0.1, -0.05) is 41.7 Å². The van der Waals surface area contributed by atoms with E-state index in [0.717, 1.165) is 0 Å². The van der Waals surface area contributed by atoms with Gasteiger partial charge in [0.25, 0.3) is 11.7 Å². The van der Waals surface area contributed by atoms with E-state index in [2.05, 4.69) is 4.98 Å². The van der Waals surface area contributed by atoms with Gasteiger partial charge in [0.05, 0.1) is 12.5 Å². The van der Waals surface area contributed by atoms with Gasteiger partial charge in [0.15, 0.2) is 33.2 Å². The highest BCUT2D eigenvalue weighted by Crippen LogP contribution is 2.54. The highest BCUT2D eigenvalue weighted by atomic mass is 32.1. The Morgan fingerprint density at radius 2 is 1.61 bits per heavy atom. The Kier molecular flexibility index (Phi) is 8.18. The summed E-state index contributed by atoms with van der Waals surface area (Å²) in [6, 6.07) is 8.41. The van der Waals surface area contributed by atoms with Crippen LogP contribution in [0.1, 0.15) is 22.9 Å². The van der Waals surface area contributed by atoms with Crippen molar-refractivity contribution in [2.45, 2.75) is 24.2 Å². The average Bonchev–Trinajstić information content (AvgIpc) is 3.17. The molecule has 16 heteroatoms. The van der Waals surface area contributed by atoms with Gasteiger partial charge in [-0.05, 0) is 5.56 Å². The van der Waals surface area contributed by atoms with Gasteiger partial charge in [0.1, 0.15) is 16.9 Å². The summed E-state index contributed by atoms with van der Waals surface area (Å²) in [5.74, 6) is -14.5. The molecule has 1 heterocycles. The maximum atomic E-state index is 12.3. The number of nitrogens with two attached hydrogens (primary N) is 1. The van der Waals surface area contributed by atoms with E-state index in [1.807, 2.05) is 10.6 Å². The Labute approximate surface area is 218 Å². The third-order valence-corrected chi connectivity index (χ3v) is 6.24. The van der Waals surface area contributed by atoms with Crippen molar-refractivity contribution in [3.8, 4) is 28.1 Å². The lowest BCUT2D eigenvalue weighted by Crippen LogP contribution is -2.62. The van der Waals surface area contributed by atoms with Crippen LogP contribution in [-0.2, 0) is 21.7 Å². The fourth-order valence-electron chi connectivity index (χ4n) is 3.50. The van der Waals surface area contributed by atoms with E-state index >= 15 is 0 Å². The molecule has 1 atom stereocenters. The minimum Gasteiger partial charge on any atom is -0.504 e. The van der Waals surface area contributed by atoms with Gasteiger partial charge in [-0.15, -0.1) is 0 Å². The standard InChI is InChI=1S/C22H26N4O11S/c1-37-11(9-5-3-2-4-6-9)8-24-22(35,36)21(33,34)13-15(28)17(30)14(18(31)16(13)29)26-12(27)7-10-19(32)38-20(23)25-10/h2-6,11,24,28-36H,7-8H2,1H3,(H2,23,25)(H,26,27). The molecule has 1 aromatic heterocycles. The molecular formula is C22H26N4O11S. The minimum absolute atomic E-state index is 0.0384. The second kappa shape index (κ2) is 10.8. The fraction of sp³-hybridized carbons (Fsp3) is 0.273. The van der Waals surface area contributed by atoms with Gasteiger partial charge in [-0.25, -0.2) is 4.98 Å². The molecule has 1 amide bonds. The summed E-state index contributed by atoms with van der Waals surface area (Å²) in [5, 5.41) is 96.7. The van der Waals surface area contributed by atoms with E-state index in [1.54, 1.807) is 30.3 Å². The van der Waals surface area contributed by atoms with Crippen LogP contribution in [0, 0.1) is 0 Å². The zero-order valence-corrected chi connectivity index (χ0v) is 20.5. The number of ether oxygens (including phenoxy) is 1. The second-order valence-electron chi connectivity index (χ2n) is 8.03. The Morgan fingerprint density at radius 1 is 1.03 bits per heavy atom. The largest absolute Gasteiger partial charge is 0.504 e. The third kappa shape index (κ3) is 5.50. The molecule has 3 rings (SSSR count). The molecule has 38 heavy (non-hydrogen) atoms. The quantitative estimate of drug-likeness (QED) is 0.0830. The molecule has 0 bridgehead atoms. The molecule has 2 aromatic carbocycles. The van der Waals surface area contributed by atoms with Crippen molar-refractivity contribution in [3.05, 3.63) is 47.2 Å². The number of nitrogens with zero attached hydrogens (tertiary/aromatic N) is 1. The maximum Gasteiger partial charge on any atom is 0.284 e. The van der Waals surface area contributed by atoms with Crippen molar-refractivity contribution in [3.63, 3.8) is 0 Å². The number of phenolic OH excluding ortho intramolecular Hbond substituents is 4. The molecular weight excluding hydrogens is 528 g/mol. The number of methoxy groups -OCH3 is 1. The summed E-state index contributed by atoms with van der Waals surface area (Å²) >= 11 is 0.688. The molecule has 0 saturated heterocycles. The lowest BCUT2D eigenvalue weighted by molar-refractivity contribution is -0.380. The monoisotopic (exact) mass is 554 g/mol. The number of hydrogen-bond donors (Lipinski definition) is 12. The van der Waals surface area contributed by atoms with Gasteiger partial charge in [-0.3, -0.25) is 10.1 Å². The van der Waals surface area contributed by atoms with E-state index in [0.29, 0.717) is 16.9 Å². The highest BCUT2D eigenvalue weighted by Gasteiger charge is 2.54. The maximum absolute atomic E-state index is 12.3. The smallest absolute Gasteiger partial charge is 0.284 e. The SMILES string of the molecule is COC(CNC(O)(O)C(O)(O)c1c(O)c(O)c(NC(=O)Cc2nc(N)sc2O)c(O)c1O)c1ccccc1. The second-order valence-corrected chi connectivity index (χ2v) is 9.04. The molecule has 0 aliphatic rings. The van der Waals surface area contributed by atoms with Gasteiger partial charge in [-0.2, -0.15) is 0 Å². The molecule has 0 saturated carbocycles. The van der Waals surface area contributed by atoms with Crippen LogP contribution < -0.4 is 16.4 Å². The summed E-state index contributed by atoms with van der Waals surface area (Å²) in [4.78, 5) is 16.0. The van der Waals surface area contributed by atoms with Crippen molar-refractivity contribution >= 4 is 28.1 Å². The number of amides is 1. The number of anilines is 2. The molecule has 0 radical (unpaired) electrons. The van der Waals surface area contributed by atoms with Crippen LogP contribution in [0.15, 0.2) is 30.3 Å². The van der Waals surface area contributed by atoms with Crippen molar-refractivity contribution < 1.29 is 55.5 Å². The lowest BCUT2D eigenvalue weighted by Gasteiger charge is -2.37. The number of thiazole rings is 1. The van der Waals surface area contributed by atoms with E-state index < -0.39 is 70.9 Å². The first-order chi connectivity index (χ1) is 17.7. The van der Waals surface area contributed by atoms with Gasteiger partial charge >= 0.3 is 0 Å². The molecule has 0 aliphatic carbocycles. The Balaban J connectivity index is 1.88. The predicted molar refractivity (Wildman–Crippen MR) is 131 cm³/mol. The Hall–Kier alpha value is -3.90. The van der Waals surface area contributed by atoms with Gasteiger partial charge in [0, 0.05) is 13.7 Å². The lowest BCUT2D eigenvalue weighted by atomic mass is 9.97. The number of benzene rings is 2. The van der Waals surface area contributed by atoms with Crippen molar-refractivity contribution in [2.24, 2.45) is 0 Å². The summed E-state index contributed by atoms with van der Waals surface area (Å²) < 4.78 is 5.25. The number of aliphatic hydroxyl groups is 4. The van der Waals surface area contributed by atoms with Crippen molar-refractivity contribution in [1.29, 1.82) is 0 Å². The number of hydrogen-bond acceptors (Lipinski definition) is 15. The van der Waals surface area contributed by atoms with Gasteiger partial charge < -0.3 is 61.7 Å². The number of phenols is 4. The van der Waals surface area contributed by atoms with Crippen LogP contribution in [0.25, 0.3) is 0 Å². The Morgan fingerprint density at radius 3 is 2.11 bits per heavy atom. The van der Waals surface area contributed by atoms with Crippen LogP contribution in [0.5, 0.6) is 28.1 Å². The molecule has 0 aliphatic heterocycles. The first kappa shape index (κ1) is 28.7. The minimum atomic E-state index is -3.96. The first-order valence-electron chi connectivity index (χ1n) is 10.7. The highest BCUT2D eigenvalue weighted by molar-refractivity contribution is 7.17. The summed E-state index contributed by atoms with van der Waals surface area (Å²) in [6.45, 7) is -0.433. The van der Waals surface area contributed by atoms with Crippen molar-refractivity contribution in [2.75, 3.05) is 24.7 Å². The van der Waals surface area contributed by atoms with E-state index in [9.17, 15) is 50.8 Å². The topological polar surface area (TPSA) is 271 Å². The van der Waals surface area contributed by atoms with Gasteiger partial charge in [0.2, 0.25) is 5.91 Å². The zero-order chi connectivity index (χ0) is 28.4. The first-order valence-corrected chi connectivity index (χ1v) is 11.5. The van der Waals surface area contributed by atoms with Crippen molar-refractivity contribution in [1.82, 2.24) is 10.3 Å². The average molecular weight is 555 g/mol. The van der Waals surface area contributed by atoms with Crippen LogP contribution in [0.4, 0.5) is 10.8 Å². The molecule has 15 nitrogen and oxygen atoms in total. The zero-order valence-electron chi connectivity index (χ0n) is 19.7. The van der Waals surface area contributed by atoms with Crippen LogP contribution in [0.3, 0.4) is 0 Å². The number of carbonyl (C=O) groups is 1. The summed E-state index contributed by atoms with van der Waals surface area (Å²) in [6.07, 6.45) is -1.42. The van der Waals surface area contributed by atoms with E-state index in [1.165, 1.54) is 7.11 Å². The summed E-state index contributed by atoms with van der Waals surface area (Å²) in [5.41, 5.74) is 3.39. The number of nitrogens with one attached hydrogen (secondary N) is 2. The number of nitrogen functional groups attached to an aromatic ring is 1. The number of aromatic hydroxyl groups is 5.